The molecule has 0 radical (unpaired) electrons. The van der Waals surface area contributed by atoms with Crippen molar-refractivity contribution in [3.63, 3.8) is 0 Å². The van der Waals surface area contributed by atoms with Crippen molar-refractivity contribution in [3.05, 3.63) is 34.8 Å². The molecule has 29 heavy (non-hydrogen) atoms. The fraction of sp³-hybridized carbons (Fsp3) is 0.316. The summed E-state index contributed by atoms with van der Waals surface area (Å²) in [5.41, 5.74) is 3.43. The van der Waals surface area contributed by atoms with Gasteiger partial charge in [-0.3, -0.25) is 9.59 Å². The van der Waals surface area contributed by atoms with Crippen LogP contribution in [0.5, 0.6) is 5.75 Å². The first-order valence-electron chi connectivity index (χ1n) is 8.97. The van der Waals surface area contributed by atoms with Crippen molar-refractivity contribution >= 4 is 34.0 Å². The fourth-order valence-electron chi connectivity index (χ4n) is 3.24. The molecule has 9 nitrogen and oxygen atoms in total. The van der Waals surface area contributed by atoms with Gasteiger partial charge >= 0.3 is 0 Å². The van der Waals surface area contributed by atoms with E-state index in [0.29, 0.717) is 33.7 Å². The average Bonchev–Trinajstić information content (AvgIpc) is 3.41. The molecule has 0 saturated carbocycles. The SMILES string of the molecule is COc1ccc(C)cc1N1CC(C(=O)Nc2nc(-c3nonc3C)cs2)CC1=O. The lowest BCUT2D eigenvalue weighted by Crippen LogP contribution is -2.28. The number of amides is 2. The number of carbonyl (C=O) groups is 2. The molecule has 1 N–H and O–H groups in total. The van der Waals surface area contributed by atoms with Gasteiger partial charge in [-0.2, -0.15) is 0 Å². The molecule has 4 rings (SSSR count). The number of aromatic nitrogens is 3. The number of hydrogen-bond acceptors (Lipinski definition) is 8. The molecule has 3 heterocycles. The summed E-state index contributed by atoms with van der Waals surface area (Å²) >= 11 is 1.28. The molecular weight excluding hydrogens is 394 g/mol. The van der Waals surface area contributed by atoms with E-state index in [2.05, 4.69) is 25.2 Å². The zero-order chi connectivity index (χ0) is 20.5. The lowest BCUT2D eigenvalue weighted by molar-refractivity contribution is -0.122. The van der Waals surface area contributed by atoms with Crippen molar-refractivity contribution in [2.24, 2.45) is 5.92 Å². The summed E-state index contributed by atoms with van der Waals surface area (Å²) in [6.45, 7) is 4.00. The maximum absolute atomic E-state index is 12.7. The van der Waals surface area contributed by atoms with Gasteiger partial charge < -0.3 is 15.0 Å². The van der Waals surface area contributed by atoms with Crippen molar-refractivity contribution in [2.45, 2.75) is 20.3 Å². The molecule has 1 aliphatic rings. The standard InChI is InChI=1S/C19H19N5O4S/c1-10-4-5-15(27-3)14(6-10)24-8-12(7-16(24)25)18(26)21-19-20-13(9-29-19)17-11(2)22-28-23-17/h4-6,9,12H,7-8H2,1-3H3,(H,20,21,26). The third-order valence-electron chi connectivity index (χ3n) is 4.75. The van der Waals surface area contributed by atoms with Gasteiger partial charge in [-0.05, 0) is 36.7 Å². The number of rotatable bonds is 5. The molecule has 0 bridgehead atoms. The lowest BCUT2D eigenvalue weighted by Gasteiger charge is -2.20. The molecule has 0 spiro atoms. The minimum absolute atomic E-state index is 0.113. The van der Waals surface area contributed by atoms with Crippen LogP contribution in [0.25, 0.3) is 11.4 Å². The number of aryl methyl sites for hydroxylation is 2. The molecule has 0 aliphatic carbocycles. The minimum atomic E-state index is -0.476. The number of methoxy groups -OCH3 is 1. The van der Waals surface area contributed by atoms with Crippen LogP contribution in [-0.4, -0.2) is 40.8 Å². The average molecular weight is 413 g/mol. The van der Waals surface area contributed by atoms with Crippen LogP contribution in [0, 0.1) is 19.8 Å². The normalized spacial score (nSPS) is 16.3. The second kappa shape index (κ2) is 7.63. The van der Waals surface area contributed by atoms with Gasteiger partial charge in [0.25, 0.3) is 0 Å². The van der Waals surface area contributed by atoms with Crippen LogP contribution < -0.4 is 15.0 Å². The van der Waals surface area contributed by atoms with Crippen LogP contribution in [0.3, 0.4) is 0 Å². The van der Waals surface area contributed by atoms with E-state index in [9.17, 15) is 9.59 Å². The van der Waals surface area contributed by atoms with Gasteiger partial charge in [0.15, 0.2) is 10.8 Å². The Labute approximate surface area is 170 Å². The van der Waals surface area contributed by atoms with Crippen LogP contribution in [0.1, 0.15) is 17.7 Å². The zero-order valence-corrected chi connectivity index (χ0v) is 16.9. The Hall–Kier alpha value is -3.27. The minimum Gasteiger partial charge on any atom is -0.495 e. The lowest BCUT2D eigenvalue weighted by atomic mass is 10.1. The van der Waals surface area contributed by atoms with Crippen molar-refractivity contribution in [3.8, 4) is 17.1 Å². The highest BCUT2D eigenvalue weighted by molar-refractivity contribution is 7.14. The number of carbonyl (C=O) groups excluding carboxylic acids is 2. The quantitative estimate of drug-likeness (QED) is 0.685. The summed E-state index contributed by atoms with van der Waals surface area (Å²) in [4.78, 5) is 31.3. The third-order valence-corrected chi connectivity index (χ3v) is 5.51. The summed E-state index contributed by atoms with van der Waals surface area (Å²) in [5, 5.41) is 12.5. The Morgan fingerprint density at radius 2 is 2.17 bits per heavy atom. The van der Waals surface area contributed by atoms with Crippen LogP contribution >= 0.6 is 11.3 Å². The zero-order valence-electron chi connectivity index (χ0n) is 16.1. The smallest absolute Gasteiger partial charge is 0.231 e. The van der Waals surface area contributed by atoms with E-state index in [0.717, 1.165) is 5.56 Å². The Morgan fingerprint density at radius 3 is 2.90 bits per heavy atom. The van der Waals surface area contributed by atoms with Gasteiger partial charge in [0, 0.05) is 18.3 Å². The number of thiazole rings is 1. The molecule has 1 aromatic carbocycles. The molecule has 1 atom stereocenters. The highest BCUT2D eigenvalue weighted by Crippen LogP contribution is 2.34. The van der Waals surface area contributed by atoms with E-state index in [1.54, 1.807) is 24.3 Å². The Bertz CT molecular complexity index is 1080. The largest absolute Gasteiger partial charge is 0.495 e. The fourth-order valence-corrected chi connectivity index (χ4v) is 3.94. The number of nitrogens with zero attached hydrogens (tertiary/aromatic N) is 4. The predicted octanol–water partition coefficient (Wildman–Crippen LogP) is 2.81. The first kappa shape index (κ1) is 19.1. The van der Waals surface area contributed by atoms with Gasteiger partial charge in [-0.1, -0.05) is 11.2 Å². The maximum Gasteiger partial charge on any atom is 0.231 e. The number of ether oxygens (including phenoxy) is 1. The van der Waals surface area contributed by atoms with E-state index in [-0.39, 0.29) is 24.8 Å². The molecular formula is C19H19N5O4S. The highest BCUT2D eigenvalue weighted by atomic mass is 32.1. The molecule has 2 aromatic heterocycles. The first-order chi connectivity index (χ1) is 14.0. The summed E-state index contributed by atoms with van der Waals surface area (Å²) in [6, 6.07) is 5.63. The molecule has 1 saturated heterocycles. The maximum atomic E-state index is 12.7. The molecule has 1 unspecified atom stereocenters. The third kappa shape index (κ3) is 3.70. The van der Waals surface area contributed by atoms with E-state index in [4.69, 9.17) is 4.74 Å². The van der Waals surface area contributed by atoms with Crippen LogP contribution in [0.15, 0.2) is 28.2 Å². The molecule has 1 fully saturated rings. The molecule has 1 aliphatic heterocycles. The van der Waals surface area contributed by atoms with Crippen LogP contribution in [-0.2, 0) is 9.59 Å². The van der Waals surface area contributed by atoms with E-state index in [1.807, 2.05) is 25.1 Å². The van der Waals surface area contributed by atoms with Crippen molar-refractivity contribution in [2.75, 3.05) is 23.9 Å². The van der Waals surface area contributed by atoms with E-state index in [1.165, 1.54) is 11.3 Å². The Kier molecular flexibility index (Phi) is 5.01. The van der Waals surface area contributed by atoms with Gasteiger partial charge in [0.1, 0.15) is 17.1 Å². The van der Waals surface area contributed by atoms with Crippen molar-refractivity contribution in [1.82, 2.24) is 15.3 Å². The molecule has 10 heteroatoms. The summed E-state index contributed by atoms with van der Waals surface area (Å²) in [7, 11) is 1.56. The Morgan fingerprint density at radius 1 is 1.34 bits per heavy atom. The second-order valence-corrected chi connectivity index (χ2v) is 7.66. The van der Waals surface area contributed by atoms with E-state index >= 15 is 0 Å². The summed E-state index contributed by atoms with van der Waals surface area (Å²) < 4.78 is 10.1. The van der Waals surface area contributed by atoms with E-state index < -0.39 is 5.92 Å². The number of benzene rings is 1. The number of anilines is 2. The number of nitrogens with one attached hydrogen (secondary N) is 1. The number of hydrogen-bond donors (Lipinski definition) is 1. The molecule has 3 aromatic rings. The molecule has 2 amide bonds. The van der Waals surface area contributed by atoms with Crippen LogP contribution in [0.2, 0.25) is 0 Å². The van der Waals surface area contributed by atoms with Crippen molar-refractivity contribution in [1.29, 1.82) is 0 Å². The summed E-state index contributed by atoms with van der Waals surface area (Å²) in [5.74, 6) is -0.233. The van der Waals surface area contributed by atoms with Crippen molar-refractivity contribution < 1.29 is 19.0 Å². The van der Waals surface area contributed by atoms with Gasteiger partial charge in [-0.25, -0.2) is 9.61 Å². The molecule has 150 valence electrons. The van der Waals surface area contributed by atoms with Crippen LogP contribution in [0.4, 0.5) is 10.8 Å². The van der Waals surface area contributed by atoms with Gasteiger partial charge in [0.2, 0.25) is 11.8 Å². The highest BCUT2D eigenvalue weighted by Gasteiger charge is 2.36. The predicted molar refractivity (Wildman–Crippen MR) is 107 cm³/mol. The second-order valence-electron chi connectivity index (χ2n) is 6.81. The van der Waals surface area contributed by atoms with Gasteiger partial charge in [-0.15, -0.1) is 11.3 Å². The monoisotopic (exact) mass is 413 g/mol. The Balaban J connectivity index is 1.47. The first-order valence-corrected chi connectivity index (χ1v) is 9.85. The topological polar surface area (TPSA) is 110 Å². The summed E-state index contributed by atoms with van der Waals surface area (Å²) in [6.07, 6.45) is 0.132. The van der Waals surface area contributed by atoms with Gasteiger partial charge in [0.05, 0.1) is 18.7 Å².